The predicted octanol–water partition coefficient (Wildman–Crippen LogP) is 1.05. The Bertz CT molecular complexity index is 200. The van der Waals surface area contributed by atoms with Crippen LogP contribution in [0.5, 0.6) is 0 Å². The van der Waals surface area contributed by atoms with Crippen molar-refractivity contribution in [1.29, 1.82) is 0 Å². The van der Waals surface area contributed by atoms with Crippen molar-refractivity contribution in [3.05, 3.63) is 12.3 Å². The average Bonchev–Trinajstić information content (AvgIpc) is 2.34. The Morgan fingerprint density at radius 3 is 2.83 bits per heavy atom. The van der Waals surface area contributed by atoms with Gasteiger partial charge in [0.25, 0.3) is 0 Å². The minimum atomic E-state index is -0.416. The molecule has 0 aromatic heterocycles. The Morgan fingerprint density at radius 2 is 2.42 bits per heavy atom. The monoisotopic (exact) mass is 170 g/mol. The molecule has 4 heteroatoms. The Hall–Kier alpha value is -1.03. The van der Waals surface area contributed by atoms with Gasteiger partial charge in [-0.1, -0.05) is 19.1 Å². The van der Waals surface area contributed by atoms with Crippen molar-refractivity contribution in [3.63, 3.8) is 0 Å². The first-order valence-electron chi connectivity index (χ1n) is 3.84. The molecule has 0 bridgehead atoms. The molecule has 0 N–H and O–H groups in total. The number of carbonyl (C=O) groups excluding carboxylic acids is 1. The van der Waals surface area contributed by atoms with Crippen molar-refractivity contribution >= 4 is 5.97 Å². The highest BCUT2D eigenvalue weighted by Crippen LogP contribution is 2.16. The first-order chi connectivity index (χ1) is 5.59. The van der Waals surface area contributed by atoms with Crippen molar-refractivity contribution in [2.24, 2.45) is 5.92 Å². The second-order valence-corrected chi connectivity index (χ2v) is 2.95. The standard InChI is InChI=1S/C8H12NO3/c1-6(2)8-4-5-9(12-8)11-7(3)10/h4,6,8H,1-3H3. The third kappa shape index (κ3) is 2.23. The number of rotatable bonds is 2. The maximum Gasteiger partial charge on any atom is 0.332 e. The fourth-order valence-corrected chi connectivity index (χ4v) is 0.785. The van der Waals surface area contributed by atoms with E-state index in [1.165, 1.54) is 6.92 Å². The van der Waals surface area contributed by atoms with Crippen LogP contribution in [0.1, 0.15) is 20.8 Å². The Labute approximate surface area is 71.7 Å². The summed E-state index contributed by atoms with van der Waals surface area (Å²) in [6.45, 7) is 5.34. The molecule has 1 atom stereocenters. The molecule has 12 heavy (non-hydrogen) atoms. The quantitative estimate of drug-likeness (QED) is 0.621. The highest BCUT2D eigenvalue weighted by molar-refractivity contribution is 5.65. The summed E-state index contributed by atoms with van der Waals surface area (Å²) in [5.74, 6) is -0.0710. The summed E-state index contributed by atoms with van der Waals surface area (Å²) in [5, 5.41) is 0.965. The summed E-state index contributed by atoms with van der Waals surface area (Å²) in [5.41, 5.74) is 0. The molecule has 0 aromatic rings. The van der Waals surface area contributed by atoms with Crippen LogP contribution < -0.4 is 0 Å². The lowest BCUT2D eigenvalue weighted by Gasteiger charge is -2.16. The number of hydrogen-bond acceptors (Lipinski definition) is 4. The number of carbonyl (C=O) groups is 1. The zero-order valence-corrected chi connectivity index (χ0v) is 7.40. The molecule has 0 saturated carbocycles. The second kappa shape index (κ2) is 3.58. The van der Waals surface area contributed by atoms with Crippen molar-refractivity contribution < 1.29 is 14.5 Å². The molecule has 4 nitrogen and oxygen atoms in total. The Kier molecular flexibility index (Phi) is 2.70. The van der Waals surface area contributed by atoms with E-state index in [1.807, 2.05) is 13.8 Å². The first kappa shape index (κ1) is 9.06. The first-order valence-corrected chi connectivity index (χ1v) is 3.84. The van der Waals surface area contributed by atoms with Crippen LogP contribution in [0.15, 0.2) is 6.08 Å². The van der Waals surface area contributed by atoms with Crippen LogP contribution in [0.4, 0.5) is 0 Å². The summed E-state index contributed by atoms with van der Waals surface area (Å²) in [6.07, 6.45) is 4.34. The second-order valence-electron chi connectivity index (χ2n) is 2.95. The molecule has 0 aromatic carbocycles. The van der Waals surface area contributed by atoms with Crippen molar-refractivity contribution in [3.8, 4) is 0 Å². The maximum absolute atomic E-state index is 10.5. The van der Waals surface area contributed by atoms with E-state index >= 15 is 0 Å². The zero-order chi connectivity index (χ0) is 9.14. The molecular formula is C8H12NO3. The average molecular weight is 170 g/mol. The minimum absolute atomic E-state index is 0.0515. The van der Waals surface area contributed by atoms with E-state index in [0.29, 0.717) is 5.92 Å². The van der Waals surface area contributed by atoms with Gasteiger partial charge in [-0.3, -0.25) is 0 Å². The van der Waals surface area contributed by atoms with Gasteiger partial charge in [0, 0.05) is 6.92 Å². The third-order valence-corrected chi connectivity index (χ3v) is 1.43. The Morgan fingerprint density at radius 1 is 1.75 bits per heavy atom. The molecule has 1 radical (unpaired) electrons. The van der Waals surface area contributed by atoms with Gasteiger partial charge in [-0.2, -0.15) is 0 Å². The summed E-state index contributed by atoms with van der Waals surface area (Å²) < 4.78 is 0. The van der Waals surface area contributed by atoms with Crippen LogP contribution >= 0.6 is 0 Å². The van der Waals surface area contributed by atoms with Gasteiger partial charge in [-0.25, -0.2) is 9.63 Å². The fourth-order valence-electron chi connectivity index (χ4n) is 0.785. The molecule has 1 heterocycles. The van der Waals surface area contributed by atoms with Gasteiger partial charge < -0.3 is 4.84 Å². The number of hydrogen-bond donors (Lipinski definition) is 0. The molecule has 0 spiro atoms. The lowest BCUT2D eigenvalue weighted by atomic mass is 10.1. The van der Waals surface area contributed by atoms with Crippen molar-refractivity contribution in [2.45, 2.75) is 26.9 Å². The van der Waals surface area contributed by atoms with Crippen molar-refractivity contribution in [1.82, 2.24) is 5.23 Å². The molecule has 0 aliphatic carbocycles. The van der Waals surface area contributed by atoms with E-state index in [9.17, 15) is 4.79 Å². The van der Waals surface area contributed by atoms with E-state index in [0.717, 1.165) is 5.23 Å². The SMILES string of the molecule is CC(=O)ON1[C]=CC(C(C)C)O1. The lowest BCUT2D eigenvalue weighted by Crippen LogP contribution is -2.23. The summed E-state index contributed by atoms with van der Waals surface area (Å²) in [7, 11) is 0. The molecule has 0 fully saturated rings. The van der Waals surface area contributed by atoms with Gasteiger partial charge in [0.05, 0.1) is 0 Å². The van der Waals surface area contributed by atoms with Crippen LogP contribution in [0.3, 0.4) is 0 Å². The summed E-state index contributed by atoms with van der Waals surface area (Å²) in [4.78, 5) is 20.3. The van der Waals surface area contributed by atoms with E-state index in [1.54, 1.807) is 6.08 Å². The molecular weight excluding hydrogens is 158 g/mol. The topological polar surface area (TPSA) is 38.8 Å². The van der Waals surface area contributed by atoms with Crippen LogP contribution in [-0.4, -0.2) is 17.3 Å². The summed E-state index contributed by atoms with van der Waals surface area (Å²) in [6, 6.07) is 0. The van der Waals surface area contributed by atoms with Gasteiger partial charge in [0.15, 0.2) is 0 Å². The number of nitrogens with zero attached hydrogens (tertiary/aromatic N) is 1. The molecule has 1 rings (SSSR count). The van der Waals surface area contributed by atoms with Crippen molar-refractivity contribution in [2.75, 3.05) is 0 Å². The molecule has 67 valence electrons. The van der Waals surface area contributed by atoms with Crippen LogP contribution in [0.25, 0.3) is 0 Å². The zero-order valence-electron chi connectivity index (χ0n) is 7.40. The van der Waals surface area contributed by atoms with E-state index < -0.39 is 5.97 Å². The molecule has 0 saturated heterocycles. The van der Waals surface area contributed by atoms with Gasteiger partial charge in [-0.05, 0) is 12.0 Å². The van der Waals surface area contributed by atoms with E-state index in [2.05, 4.69) is 11.0 Å². The van der Waals surface area contributed by atoms with Gasteiger partial charge in [0.1, 0.15) is 12.3 Å². The largest absolute Gasteiger partial charge is 0.332 e. The molecule has 0 amide bonds. The fraction of sp³-hybridized carbons (Fsp3) is 0.625. The van der Waals surface area contributed by atoms with Gasteiger partial charge in [-0.15, -0.1) is 0 Å². The van der Waals surface area contributed by atoms with Crippen LogP contribution in [0, 0.1) is 12.1 Å². The highest BCUT2D eigenvalue weighted by Gasteiger charge is 2.22. The van der Waals surface area contributed by atoms with Gasteiger partial charge in [0.2, 0.25) is 0 Å². The molecule has 1 unspecified atom stereocenters. The van der Waals surface area contributed by atoms with E-state index in [-0.39, 0.29) is 6.10 Å². The van der Waals surface area contributed by atoms with Gasteiger partial charge >= 0.3 is 5.97 Å². The third-order valence-electron chi connectivity index (χ3n) is 1.43. The number of hydroxylamine groups is 2. The van der Waals surface area contributed by atoms with Crippen LogP contribution in [0.2, 0.25) is 0 Å². The maximum atomic E-state index is 10.5. The molecule has 1 aliphatic heterocycles. The smallest absolute Gasteiger partial charge is 0.315 e. The Balaban J connectivity index is 2.37. The normalized spacial score (nSPS) is 22.0. The predicted molar refractivity (Wildman–Crippen MR) is 41.1 cm³/mol. The molecule has 1 aliphatic rings. The highest BCUT2D eigenvalue weighted by atomic mass is 17.0. The minimum Gasteiger partial charge on any atom is -0.315 e. The lowest BCUT2D eigenvalue weighted by molar-refractivity contribution is -0.324. The van der Waals surface area contributed by atoms with E-state index in [4.69, 9.17) is 4.84 Å². The summed E-state index contributed by atoms with van der Waals surface area (Å²) >= 11 is 0. The van der Waals surface area contributed by atoms with Crippen LogP contribution in [-0.2, 0) is 14.5 Å².